The van der Waals surface area contributed by atoms with Crippen molar-refractivity contribution in [2.45, 2.75) is 25.8 Å². The molecule has 7 heteroatoms. The minimum Gasteiger partial charge on any atom is -0.455 e. The van der Waals surface area contributed by atoms with Crippen LogP contribution in [0.2, 0.25) is 0 Å². The van der Waals surface area contributed by atoms with Gasteiger partial charge in [-0.1, -0.05) is 24.3 Å². The molecule has 27 heavy (non-hydrogen) atoms. The van der Waals surface area contributed by atoms with Crippen molar-refractivity contribution in [1.29, 1.82) is 0 Å². The molecule has 1 atom stereocenters. The number of carbonyl (C=O) groups excluding carboxylic acids is 3. The Hall–Kier alpha value is -3.22. The normalized spacial score (nSPS) is 16.1. The highest BCUT2D eigenvalue weighted by Crippen LogP contribution is 2.31. The van der Waals surface area contributed by atoms with Crippen LogP contribution in [0.15, 0.2) is 48.5 Å². The van der Waals surface area contributed by atoms with E-state index in [2.05, 4.69) is 5.32 Å². The molecule has 1 heterocycles. The van der Waals surface area contributed by atoms with Crippen molar-refractivity contribution < 1.29 is 23.5 Å². The Morgan fingerprint density at radius 3 is 2.63 bits per heavy atom. The predicted octanol–water partition coefficient (Wildman–Crippen LogP) is 2.68. The van der Waals surface area contributed by atoms with E-state index in [1.807, 2.05) is 0 Å². The summed E-state index contributed by atoms with van der Waals surface area (Å²) in [6, 6.07) is 12.1. The molecule has 1 aliphatic heterocycles. The number of para-hydroxylation sites is 2. The van der Waals surface area contributed by atoms with Crippen LogP contribution in [-0.4, -0.2) is 30.4 Å². The molecule has 0 saturated heterocycles. The van der Waals surface area contributed by atoms with Gasteiger partial charge in [-0.3, -0.25) is 14.4 Å². The molecule has 0 saturated carbocycles. The van der Waals surface area contributed by atoms with E-state index in [0.717, 1.165) is 0 Å². The summed E-state index contributed by atoms with van der Waals surface area (Å²) in [7, 11) is 0. The second-order valence-electron chi connectivity index (χ2n) is 6.35. The van der Waals surface area contributed by atoms with Crippen molar-refractivity contribution in [3.8, 4) is 0 Å². The van der Waals surface area contributed by atoms with Crippen LogP contribution in [0.25, 0.3) is 0 Å². The van der Waals surface area contributed by atoms with Crippen LogP contribution in [0, 0.1) is 5.82 Å². The third-order valence-corrected chi connectivity index (χ3v) is 4.25. The van der Waals surface area contributed by atoms with Gasteiger partial charge in [-0.05, 0) is 36.8 Å². The van der Waals surface area contributed by atoms with Crippen LogP contribution in [0.5, 0.6) is 0 Å². The molecule has 2 aromatic carbocycles. The summed E-state index contributed by atoms with van der Waals surface area (Å²) in [5.74, 6) is -1.57. The largest absolute Gasteiger partial charge is 0.455 e. The lowest BCUT2D eigenvalue weighted by Crippen LogP contribution is -2.41. The lowest BCUT2D eigenvalue weighted by molar-refractivity contribution is -0.147. The van der Waals surface area contributed by atoms with E-state index in [-0.39, 0.29) is 30.6 Å². The third kappa shape index (κ3) is 4.49. The zero-order valence-electron chi connectivity index (χ0n) is 14.8. The molecule has 2 amide bonds. The average molecular weight is 370 g/mol. The van der Waals surface area contributed by atoms with Crippen LogP contribution in [0.4, 0.5) is 15.8 Å². The molecule has 3 rings (SSSR count). The number of esters is 1. The summed E-state index contributed by atoms with van der Waals surface area (Å²) >= 11 is 0. The topological polar surface area (TPSA) is 75.7 Å². The molecule has 0 bridgehead atoms. The number of hydrogen-bond acceptors (Lipinski definition) is 4. The van der Waals surface area contributed by atoms with Crippen molar-refractivity contribution in [3.63, 3.8) is 0 Å². The van der Waals surface area contributed by atoms with Crippen LogP contribution in [0.3, 0.4) is 0 Å². The Bertz CT molecular complexity index is 867. The molecular formula is C20H19FN2O4. The van der Waals surface area contributed by atoms with Crippen molar-refractivity contribution in [2.75, 3.05) is 16.8 Å². The average Bonchev–Trinajstić information content (AvgIpc) is 2.76. The molecule has 2 aromatic rings. The van der Waals surface area contributed by atoms with Crippen molar-refractivity contribution >= 4 is 29.2 Å². The summed E-state index contributed by atoms with van der Waals surface area (Å²) in [4.78, 5) is 38.1. The Kier molecular flexibility index (Phi) is 5.49. The fourth-order valence-corrected chi connectivity index (χ4v) is 3.00. The molecule has 0 unspecified atom stereocenters. The minimum absolute atomic E-state index is 0.0558. The van der Waals surface area contributed by atoms with Gasteiger partial charge in [0.05, 0.1) is 17.8 Å². The van der Waals surface area contributed by atoms with Crippen LogP contribution in [0.1, 0.15) is 18.9 Å². The summed E-state index contributed by atoms with van der Waals surface area (Å²) in [6.07, 6.45) is 0.0870. The summed E-state index contributed by atoms with van der Waals surface area (Å²) in [6.45, 7) is 1.33. The van der Waals surface area contributed by atoms with Gasteiger partial charge in [0, 0.05) is 12.5 Å². The molecule has 0 radical (unpaired) electrons. The zero-order chi connectivity index (χ0) is 19.4. The van der Waals surface area contributed by atoms with Crippen LogP contribution < -0.4 is 10.2 Å². The molecular weight excluding hydrogens is 351 g/mol. The number of ether oxygens (including phenoxy) is 1. The van der Waals surface area contributed by atoms with Gasteiger partial charge in [-0.2, -0.15) is 0 Å². The van der Waals surface area contributed by atoms with Crippen LogP contribution >= 0.6 is 0 Å². The number of halogens is 1. The molecule has 1 N–H and O–H groups in total. The molecule has 0 spiro atoms. The minimum atomic E-state index is -0.583. The van der Waals surface area contributed by atoms with Gasteiger partial charge in [-0.25, -0.2) is 4.39 Å². The van der Waals surface area contributed by atoms with Gasteiger partial charge < -0.3 is 15.0 Å². The van der Waals surface area contributed by atoms with E-state index in [1.165, 1.54) is 29.2 Å². The maximum atomic E-state index is 12.9. The Morgan fingerprint density at radius 2 is 1.89 bits per heavy atom. The second-order valence-corrected chi connectivity index (χ2v) is 6.35. The molecule has 0 aromatic heterocycles. The number of hydrogen-bond donors (Lipinski definition) is 1. The summed E-state index contributed by atoms with van der Waals surface area (Å²) in [5, 5.41) is 2.77. The SMILES string of the molecule is C[C@H]1CC(=O)Nc2ccccc2N1C(=O)COC(=O)Cc1ccc(F)cc1. The smallest absolute Gasteiger partial charge is 0.310 e. The highest BCUT2D eigenvalue weighted by atomic mass is 19.1. The molecule has 140 valence electrons. The number of carbonyl (C=O) groups is 3. The number of anilines is 2. The number of rotatable bonds is 4. The van der Waals surface area contributed by atoms with Gasteiger partial charge in [-0.15, -0.1) is 0 Å². The second kappa shape index (κ2) is 7.99. The molecule has 6 nitrogen and oxygen atoms in total. The van der Waals surface area contributed by atoms with E-state index in [4.69, 9.17) is 4.74 Å². The first-order chi connectivity index (χ1) is 12.9. The van der Waals surface area contributed by atoms with Gasteiger partial charge in [0.25, 0.3) is 5.91 Å². The van der Waals surface area contributed by atoms with Gasteiger partial charge >= 0.3 is 5.97 Å². The number of amides is 2. The fraction of sp³-hybridized carbons (Fsp3) is 0.250. The Morgan fingerprint density at radius 1 is 1.19 bits per heavy atom. The fourth-order valence-electron chi connectivity index (χ4n) is 3.00. The third-order valence-electron chi connectivity index (χ3n) is 4.25. The summed E-state index contributed by atoms with van der Waals surface area (Å²) in [5.41, 5.74) is 1.70. The van der Waals surface area contributed by atoms with E-state index >= 15 is 0 Å². The molecule has 0 fully saturated rings. The number of benzene rings is 2. The lowest BCUT2D eigenvalue weighted by atomic mass is 10.1. The first-order valence-corrected chi connectivity index (χ1v) is 8.55. The van der Waals surface area contributed by atoms with Crippen LogP contribution in [-0.2, 0) is 25.5 Å². The maximum Gasteiger partial charge on any atom is 0.310 e. The number of fused-ring (bicyclic) bond motifs is 1. The Balaban J connectivity index is 1.67. The predicted molar refractivity (Wildman–Crippen MR) is 97.7 cm³/mol. The van der Waals surface area contributed by atoms with E-state index < -0.39 is 18.5 Å². The molecule has 0 aliphatic carbocycles. The lowest BCUT2D eigenvalue weighted by Gasteiger charge is -2.27. The first kappa shape index (κ1) is 18.6. The van der Waals surface area contributed by atoms with E-state index in [1.54, 1.807) is 31.2 Å². The van der Waals surface area contributed by atoms with Crippen molar-refractivity contribution in [3.05, 3.63) is 59.9 Å². The maximum absolute atomic E-state index is 12.9. The van der Waals surface area contributed by atoms with E-state index in [0.29, 0.717) is 16.9 Å². The molecule has 1 aliphatic rings. The quantitative estimate of drug-likeness (QED) is 0.840. The van der Waals surface area contributed by atoms with Gasteiger partial charge in [0.15, 0.2) is 6.61 Å². The number of nitrogens with one attached hydrogen (secondary N) is 1. The number of nitrogens with zero attached hydrogens (tertiary/aromatic N) is 1. The van der Waals surface area contributed by atoms with Crippen molar-refractivity contribution in [1.82, 2.24) is 0 Å². The highest BCUT2D eigenvalue weighted by molar-refractivity contribution is 6.05. The van der Waals surface area contributed by atoms with Gasteiger partial charge in [0.2, 0.25) is 5.91 Å². The van der Waals surface area contributed by atoms with Crippen molar-refractivity contribution in [2.24, 2.45) is 0 Å². The zero-order valence-corrected chi connectivity index (χ0v) is 14.8. The van der Waals surface area contributed by atoms with E-state index in [9.17, 15) is 18.8 Å². The first-order valence-electron chi connectivity index (χ1n) is 8.55. The standard InChI is InChI=1S/C20H19FN2O4/c1-13-10-18(24)22-16-4-2-3-5-17(16)23(13)19(25)12-27-20(26)11-14-6-8-15(21)9-7-14/h2-9,13H,10-12H2,1H3,(H,22,24)/t13-/m0/s1. The highest BCUT2D eigenvalue weighted by Gasteiger charge is 2.30. The van der Waals surface area contributed by atoms with Gasteiger partial charge in [0.1, 0.15) is 5.82 Å². The summed E-state index contributed by atoms with van der Waals surface area (Å²) < 4.78 is 18.0. The monoisotopic (exact) mass is 370 g/mol. The Labute approximate surface area is 155 Å².